The molecule has 0 saturated heterocycles. The lowest BCUT2D eigenvalue weighted by atomic mass is 9.77. The quantitative estimate of drug-likeness (QED) is 0.859. The molecule has 1 aliphatic carbocycles. The predicted molar refractivity (Wildman–Crippen MR) is 67.7 cm³/mol. The maximum atomic E-state index is 11.4. The first-order valence-corrected chi connectivity index (χ1v) is 5.85. The van der Waals surface area contributed by atoms with Gasteiger partial charge in [0.05, 0.1) is 5.41 Å². The fourth-order valence-electron chi connectivity index (χ4n) is 2.13. The molecular formula is C15H16O2. The Morgan fingerprint density at radius 1 is 1.24 bits per heavy atom. The number of aliphatic carboxylic acids is 1. The Bertz CT molecular complexity index is 445. The molecule has 0 bridgehead atoms. The van der Waals surface area contributed by atoms with Crippen LogP contribution in [0.1, 0.15) is 18.4 Å². The number of aryl methyl sites for hydroxylation is 1. The van der Waals surface area contributed by atoms with Crippen molar-refractivity contribution in [3.05, 3.63) is 60.2 Å². The molecular weight excluding hydrogens is 212 g/mol. The Balaban J connectivity index is 2.07. The third-order valence-electron chi connectivity index (χ3n) is 3.27. The van der Waals surface area contributed by atoms with Crippen molar-refractivity contribution in [2.75, 3.05) is 0 Å². The molecule has 88 valence electrons. The van der Waals surface area contributed by atoms with Crippen LogP contribution < -0.4 is 0 Å². The molecule has 0 spiro atoms. The Kier molecular flexibility index (Phi) is 3.43. The van der Waals surface area contributed by atoms with E-state index in [1.807, 2.05) is 54.6 Å². The summed E-state index contributed by atoms with van der Waals surface area (Å²) in [5.74, 6) is -0.728. The van der Waals surface area contributed by atoms with Crippen LogP contribution in [0, 0.1) is 5.41 Å². The topological polar surface area (TPSA) is 37.3 Å². The van der Waals surface area contributed by atoms with Gasteiger partial charge >= 0.3 is 5.97 Å². The van der Waals surface area contributed by atoms with Crippen LogP contribution in [0.15, 0.2) is 54.6 Å². The molecule has 0 amide bonds. The van der Waals surface area contributed by atoms with Crippen LogP contribution in [0.25, 0.3) is 0 Å². The largest absolute Gasteiger partial charge is 0.481 e. The van der Waals surface area contributed by atoms with E-state index in [9.17, 15) is 9.90 Å². The van der Waals surface area contributed by atoms with Gasteiger partial charge in [0.25, 0.3) is 0 Å². The van der Waals surface area contributed by atoms with E-state index in [2.05, 4.69) is 0 Å². The maximum Gasteiger partial charge on any atom is 0.313 e. The van der Waals surface area contributed by atoms with Crippen molar-refractivity contribution in [3.8, 4) is 0 Å². The highest BCUT2D eigenvalue weighted by Gasteiger charge is 2.34. The van der Waals surface area contributed by atoms with Gasteiger partial charge < -0.3 is 5.11 Å². The molecule has 0 saturated carbocycles. The molecule has 2 rings (SSSR count). The molecule has 1 atom stereocenters. The van der Waals surface area contributed by atoms with E-state index >= 15 is 0 Å². The first kappa shape index (κ1) is 11.6. The average Bonchev–Trinajstić information content (AvgIpc) is 2.38. The number of rotatable bonds is 4. The summed E-state index contributed by atoms with van der Waals surface area (Å²) in [4.78, 5) is 11.4. The van der Waals surface area contributed by atoms with Gasteiger partial charge in [0.15, 0.2) is 0 Å². The molecule has 1 aromatic rings. The number of carboxylic acid groups (broad SMARTS) is 1. The minimum atomic E-state index is -0.728. The summed E-state index contributed by atoms with van der Waals surface area (Å²) in [6, 6.07) is 10.0. The van der Waals surface area contributed by atoms with E-state index in [4.69, 9.17) is 0 Å². The van der Waals surface area contributed by atoms with Crippen molar-refractivity contribution >= 4 is 5.97 Å². The van der Waals surface area contributed by atoms with E-state index in [-0.39, 0.29) is 0 Å². The Morgan fingerprint density at radius 3 is 2.59 bits per heavy atom. The SMILES string of the molecule is O=C(O)C1(CCc2ccccc2)C=CC=CC1. The van der Waals surface area contributed by atoms with Crippen molar-refractivity contribution in [3.63, 3.8) is 0 Å². The zero-order valence-corrected chi connectivity index (χ0v) is 9.67. The highest BCUT2D eigenvalue weighted by molar-refractivity contribution is 5.77. The molecule has 0 heterocycles. The van der Waals surface area contributed by atoms with E-state index in [0.29, 0.717) is 12.8 Å². The summed E-state index contributed by atoms with van der Waals surface area (Å²) >= 11 is 0. The number of carbonyl (C=O) groups is 1. The number of benzene rings is 1. The zero-order chi connectivity index (χ0) is 12.1. The number of hydrogen-bond acceptors (Lipinski definition) is 1. The molecule has 0 fully saturated rings. The van der Waals surface area contributed by atoms with Gasteiger partial charge in [-0.2, -0.15) is 0 Å². The van der Waals surface area contributed by atoms with Crippen molar-refractivity contribution in [1.29, 1.82) is 0 Å². The second-order valence-corrected chi connectivity index (χ2v) is 4.44. The normalized spacial score (nSPS) is 22.6. The van der Waals surface area contributed by atoms with Crippen molar-refractivity contribution in [2.24, 2.45) is 5.41 Å². The van der Waals surface area contributed by atoms with E-state index in [1.165, 1.54) is 5.56 Å². The molecule has 2 nitrogen and oxygen atoms in total. The van der Waals surface area contributed by atoms with Gasteiger partial charge in [-0.05, 0) is 24.8 Å². The monoisotopic (exact) mass is 228 g/mol. The molecule has 17 heavy (non-hydrogen) atoms. The van der Waals surface area contributed by atoms with Crippen molar-refractivity contribution < 1.29 is 9.90 Å². The molecule has 1 aromatic carbocycles. The molecule has 0 radical (unpaired) electrons. The molecule has 1 unspecified atom stereocenters. The Hall–Kier alpha value is -1.83. The Morgan fingerprint density at radius 2 is 2.00 bits per heavy atom. The van der Waals surface area contributed by atoms with Gasteiger partial charge in [-0.15, -0.1) is 0 Å². The van der Waals surface area contributed by atoms with Gasteiger partial charge in [-0.25, -0.2) is 0 Å². The molecule has 1 aliphatic rings. The van der Waals surface area contributed by atoms with Crippen LogP contribution in [-0.4, -0.2) is 11.1 Å². The maximum absolute atomic E-state index is 11.4. The summed E-state index contributed by atoms with van der Waals surface area (Å²) in [6.45, 7) is 0. The van der Waals surface area contributed by atoms with Crippen LogP contribution in [0.5, 0.6) is 0 Å². The number of hydrogen-bond donors (Lipinski definition) is 1. The highest BCUT2D eigenvalue weighted by Crippen LogP contribution is 2.33. The van der Waals surface area contributed by atoms with Crippen LogP contribution in [0.3, 0.4) is 0 Å². The predicted octanol–water partition coefficient (Wildman–Crippen LogP) is 3.21. The molecule has 1 N–H and O–H groups in total. The third kappa shape index (κ3) is 2.64. The fraction of sp³-hybridized carbons (Fsp3) is 0.267. The Labute approximate surface area is 101 Å². The van der Waals surface area contributed by atoms with Gasteiger partial charge in [0.1, 0.15) is 0 Å². The smallest absolute Gasteiger partial charge is 0.313 e. The van der Waals surface area contributed by atoms with E-state index in [0.717, 1.165) is 6.42 Å². The summed E-state index contributed by atoms with van der Waals surface area (Å²) < 4.78 is 0. The lowest BCUT2D eigenvalue weighted by Gasteiger charge is -2.26. The lowest BCUT2D eigenvalue weighted by molar-refractivity contribution is -0.146. The van der Waals surface area contributed by atoms with Crippen LogP contribution >= 0.6 is 0 Å². The van der Waals surface area contributed by atoms with Gasteiger partial charge in [-0.1, -0.05) is 54.6 Å². The minimum absolute atomic E-state index is 0.589. The highest BCUT2D eigenvalue weighted by atomic mass is 16.4. The summed E-state index contributed by atoms with van der Waals surface area (Å²) in [7, 11) is 0. The molecule has 0 aliphatic heterocycles. The van der Waals surface area contributed by atoms with Gasteiger partial charge in [0, 0.05) is 0 Å². The first-order chi connectivity index (χ1) is 8.23. The van der Waals surface area contributed by atoms with Crippen molar-refractivity contribution in [1.82, 2.24) is 0 Å². The van der Waals surface area contributed by atoms with Gasteiger partial charge in [-0.3, -0.25) is 4.79 Å². The van der Waals surface area contributed by atoms with Crippen LogP contribution in [0.4, 0.5) is 0 Å². The second-order valence-electron chi connectivity index (χ2n) is 4.44. The summed E-state index contributed by atoms with van der Waals surface area (Å²) in [5.41, 5.74) is 0.473. The second kappa shape index (κ2) is 5.00. The molecule has 2 heteroatoms. The fourth-order valence-corrected chi connectivity index (χ4v) is 2.13. The minimum Gasteiger partial charge on any atom is -0.481 e. The third-order valence-corrected chi connectivity index (χ3v) is 3.27. The lowest BCUT2D eigenvalue weighted by Crippen LogP contribution is -2.30. The first-order valence-electron chi connectivity index (χ1n) is 5.85. The number of allylic oxidation sites excluding steroid dienone is 3. The summed E-state index contributed by atoms with van der Waals surface area (Å²) in [6.07, 6.45) is 9.52. The average molecular weight is 228 g/mol. The van der Waals surface area contributed by atoms with Crippen LogP contribution in [0.2, 0.25) is 0 Å². The van der Waals surface area contributed by atoms with Crippen LogP contribution in [-0.2, 0) is 11.2 Å². The standard InChI is InChI=1S/C15H16O2/c16-14(17)15(10-5-2-6-11-15)12-9-13-7-3-1-4-8-13/h1-8,10H,9,11-12H2,(H,16,17). The van der Waals surface area contributed by atoms with Gasteiger partial charge in [0.2, 0.25) is 0 Å². The van der Waals surface area contributed by atoms with Crippen molar-refractivity contribution in [2.45, 2.75) is 19.3 Å². The zero-order valence-electron chi connectivity index (χ0n) is 9.67. The summed E-state index contributed by atoms with van der Waals surface area (Å²) in [5, 5.41) is 9.38. The number of carboxylic acids is 1. The van der Waals surface area contributed by atoms with E-state index in [1.54, 1.807) is 0 Å². The van der Waals surface area contributed by atoms with E-state index < -0.39 is 11.4 Å². The molecule has 0 aromatic heterocycles.